The zero-order valence-corrected chi connectivity index (χ0v) is 21.7. The van der Waals surface area contributed by atoms with Crippen LogP contribution in [-0.4, -0.2) is 86.9 Å². The van der Waals surface area contributed by atoms with E-state index in [2.05, 4.69) is 0 Å². The molecule has 4 aliphatic rings. The summed E-state index contributed by atoms with van der Waals surface area (Å²) in [5, 5.41) is 34.2. The zero-order valence-electron chi connectivity index (χ0n) is 21.7. The Morgan fingerprint density at radius 2 is 1.72 bits per heavy atom. The number of rotatable bonds is 5. The van der Waals surface area contributed by atoms with E-state index in [1.807, 2.05) is 0 Å². The topological polar surface area (TPSA) is 192 Å². The fraction of sp³-hybridized carbons (Fsp3) is 0.571. The molecule has 11 nitrogen and oxygen atoms in total. The van der Waals surface area contributed by atoms with Crippen molar-refractivity contribution in [3.63, 3.8) is 0 Å². The molecule has 1 aromatic rings. The molecule has 5 rings (SSSR count). The third-order valence-electron chi connectivity index (χ3n) is 9.38. The second-order valence-corrected chi connectivity index (χ2v) is 11.6. The van der Waals surface area contributed by atoms with Crippen molar-refractivity contribution in [1.82, 2.24) is 4.90 Å². The average molecular weight is 541 g/mol. The van der Waals surface area contributed by atoms with Crippen LogP contribution in [0, 0.1) is 29.6 Å². The lowest BCUT2D eigenvalue weighted by Gasteiger charge is -2.56. The molecule has 11 heteroatoms. The normalized spacial score (nSPS) is 36.5. The van der Waals surface area contributed by atoms with Crippen LogP contribution in [0.2, 0.25) is 0 Å². The summed E-state index contributed by atoms with van der Waals surface area (Å²) < 4.78 is 0. The minimum atomic E-state index is -3.07. The van der Waals surface area contributed by atoms with Crippen molar-refractivity contribution in [3.05, 3.63) is 29.3 Å². The summed E-state index contributed by atoms with van der Waals surface area (Å²) in [4.78, 5) is 81.4. The predicted octanol–water partition coefficient (Wildman–Crippen LogP) is -0.472. The van der Waals surface area contributed by atoms with Gasteiger partial charge < -0.3 is 21.1 Å². The van der Waals surface area contributed by atoms with E-state index in [0.717, 1.165) is 12.8 Å². The molecule has 0 spiro atoms. The Balaban J connectivity index is 1.70. The van der Waals surface area contributed by atoms with Crippen molar-refractivity contribution < 1.29 is 44.1 Å². The highest BCUT2D eigenvalue weighted by molar-refractivity contribution is 6.32. The Morgan fingerprint density at radius 1 is 1.08 bits per heavy atom. The molecular weight excluding hydrogens is 508 g/mol. The maximum Gasteiger partial charge on any atom is 0.235 e. The number of aliphatic hydroxyl groups excluding tert-OH is 1. The van der Waals surface area contributed by atoms with Crippen LogP contribution < -0.4 is 5.73 Å². The quantitative estimate of drug-likeness (QED) is 0.355. The first-order chi connectivity index (χ1) is 18.3. The van der Waals surface area contributed by atoms with E-state index in [1.165, 1.54) is 31.1 Å². The van der Waals surface area contributed by atoms with E-state index in [1.54, 1.807) is 6.07 Å². The molecular formula is C28H32N2O9. The maximum atomic E-state index is 14.1. The largest absolute Gasteiger partial charge is 0.507 e. The number of benzene rings is 1. The number of Topliss-reactive ketones (excluding diaryl/α,β-unsaturated/α-hetero) is 5. The summed E-state index contributed by atoms with van der Waals surface area (Å²) in [6.45, 7) is 0. The van der Waals surface area contributed by atoms with Crippen molar-refractivity contribution in [2.45, 2.75) is 55.8 Å². The van der Waals surface area contributed by atoms with E-state index >= 15 is 0 Å². The zero-order chi connectivity index (χ0) is 28.5. The number of hydrogen-bond donors (Lipinski definition) is 4. The highest BCUT2D eigenvalue weighted by Crippen LogP contribution is 2.55. The number of nitrogens with zero attached hydrogens (tertiary/aromatic N) is 1. The lowest BCUT2D eigenvalue weighted by Crippen LogP contribution is -2.77. The van der Waals surface area contributed by atoms with Crippen molar-refractivity contribution in [2.24, 2.45) is 35.3 Å². The molecule has 1 aromatic carbocycles. The molecule has 8 atom stereocenters. The summed E-state index contributed by atoms with van der Waals surface area (Å²) in [6, 6.07) is 2.84. The predicted molar refractivity (Wildman–Crippen MR) is 133 cm³/mol. The SMILES string of the molecule is CN(C)C1C(=O)C(C(N)=O)C(=O)C2(O)C(=O)C3C(=O)c4c(O)cccc4C(CC(=O)C4CCCC4)C3C(O)C12. The summed E-state index contributed by atoms with van der Waals surface area (Å²) in [5.74, 6) is -14.5. The van der Waals surface area contributed by atoms with Crippen molar-refractivity contribution in [3.8, 4) is 5.75 Å². The number of nitrogens with two attached hydrogens (primary N) is 1. The van der Waals surface area contributed by atoms with Gasteiger partial charge in [-0.05, 0) is 44.5 Å². The molecule has 3 fully saturated rings. The van der Waals surface area contributed by atoms with Crippen LogP contribution in [0.15, 0.2) is 18.2 Å². The molecule has 4 aliphatic carbocycles. The number of aliphatic hydroxyl groups is 2. The average Bonchev–Trinajstić information content (AvgIpc) is 3.40. The van der Waals surface area contributed by atoms with E-state index in [-0.39, 0.29) is 29.2 Å². The maximum absolute atomic E-state index is 14.1. The van der Waals surface area contributed by atoms with Crippen LogP contribution in [0.3, 0.4) is 0 Å². The van der Waals surface area contributed by atoms with Gasteiger partial charge in [0.15, 0.2) is 34.7 Å². The molecule has 0 aliphatic heterocycles. The van der Waals surface area contributed by atoms with Gasteiger partial charge in [-0.3, -0.25) is 33.7 Å². The van der Waals surface area contributed by atoms with Gasteiger partial charge >= 0.3 is 0 Å². The molecule has 208 valence electrons. The minimum Gasteiger partial charge on any atom is -0.507 e. The number of phenolic OH excluding ortho intramolecular Hbond substituents is 1. The molecule has 1 amide bonds. The monoisotopic (exact) mass is 540 g/mol. The van der Waals surface area contributed by atoms with E-state index in [4.69, 9.17) is 5.73 Å². The van der Waals surface area contributed by atoms with Crippen LogP contribution in [0.5, 0.6) is 5.75 Å². The van der Waals surface area contributed by atoms with Crippen molar-refractivity contribution in [1.29, 1.82) is 0 Å². The highest BCUT2D eigenvalue weighted by atomic mass is 16.3. The number of amides is 1. The van der Waals surface area contributed by atoms with Gasteiger partial charge in [0, 0.05) is 18.3 Å². The second-order valence-electron chi connectivity index (χ2n) is 11.6. The Hall–Kier alpha value is -3.28. The Kier molecular flexibility index (Phi) is 6.60. The van der Waals surface area contributed by atoms with Gasteiger partial charge in [0.2, 0.25) is 5.91 Å². The lowest BCUT2D eigenvalue weighted by molar-refractivity contribution is -0.197. The summed E-state index contributed by atoms with van der Waals surface area (Å²) in [5.41, 5.74) is 2.34. The molecule has 39 heavy (non-hydrogen) atoms. The molecule has 0 saturated heterocycles. The van der Waals surface area contributed by atoms with Gasteiger partial charge in [0.25, 0.3) is 0 Å². The fourth-order valence-corrected chi connectivity index (χ4v) is 7.64. The summed E-state index contributed by atoms with van der Waals surface area (Å²) in [7, 11) is 2.86. The van der Waals surface area contributed by atoms with Gasteiger partial charge in [-0.1, -0.05) is 25.0 Å². The Labute approximate surface area is 224 Å². The second kappa shape index (κ2) is 9.42. The number of phenols is 1. The number of likely N-dealkylation sites (N-methyl/N-ethyl adjacent to an activating group) is 1. The van der Waals surface area contributed by atoms with Gasteiger partial charge in [-0.2, -0.15) is 0 Å². The first-order valence-electron chi connectivity index (χ1n) is 13.2. The molecule has 0 radical (unpaired) electrons. The molecule has 8 unspecified atom stereocenters. The number of carbonyl (C=O) groups is 6. The van der Waals surface area contributed by atoms with Crippen LogP contribution in [0.1, 0.15) is 53.9 Å². The summed E-state index contributed by atoms with van der Waals surface area (Å²) >= 11 is 0. The fourth-order valence-electron chi connectivity index (χ4n) is 7.64. The van der Waals surface area contributed by atoms with Gasteiger partial charge in [-0.15, -0.1) is 0 Å². The molecule has 0 heterocycles. The number of fused-ring (bicyclic) bond motifs is 3. The lowest BCUT2D eigenvalue weighted by atomic mass is 9.49. The molecule has 0 bridgehead atoms. The third kappa shape index (κ3) is 3.74. The van der Waals surface area contributed by atoms with Crippen molar-refractivity contribution >= 4 is 34.8 Å². The van der Waals surface area contributed by atoms with Gasteiger partial charge in [-0.25, -0.2) is 0 Å². The number of carbonyl (C=O) groups excluding carboxylic acids is 6. The highest BCUT2D eigenvalue weighted by Gasteiger charge is 2.73. The van der Waals surface area contributed by atoms with E-state index < -0.39 is 82.1 Å². The van der Waals surface area contributed by atoms with Crippen LogP contribution in [0.25, 0.3) is 0 Å². The Bertz CT molecular complexity index is 1300. The van der Waals surface area contributed by atoms with Crippen LogP contribution in [0.4, 0.5) is 0 Å². The number of primary amides is 1. The number of ketones is 5. The van der Waals surface area contributed by atoms with Crippen LogP contribution >= 0.6 is 0 Å². The number of aromatic hydroxyl groups is 1. The molecule has 3 saturated carbocycles. The smallest absolute Gasteiger partial charge is 0.235 e. The third-order valence-corrected chi connectivity index (χ3v) is 9.38. The molecule has 0 aromatic heterocycles. The van der Waals surface area contributed by atoms with Gasteiger partial charge in [0.1, 0.15) is 11.5 Å². The Morgan fingerprint density at radius 3 is 2.31 bits per heavy atom. The molecule has 5 N–H and O–H groups in total. The number of hydrogen-bond acceptors (Lipinski definition) is 10. The van der Waals surface area contributed by atoms with Gasteiger partial charge in [0.05, 0.1) is 29.5 Å². The first-order valence-corrected chi connectivity index (χ1v) is 13.2. The van der Waals surface area contributed by atoms with E-state index in [0.29, 0.717) is 12.8 Å². The summed E-state index contributed by atoms with van der Waals surface area (Å²) in [6.07, 6.45) is 1.30. The van der Waals surface area contributed by atoms with Crippen LogP contribution in [-0.2, 0) is 24.0 Å². The first kappa shape index (κ1) is 27.3. The van der Waals surface area contributed by atoms with Crippen molar-refractivity contribution in [2.75, 3.05) is 14.1 Å². The standard InChI is InChI=1S/C28H32N2O9/c1-30(2)21-20-23(34)17-13(10-15(32)11-6-3-4-7-11)12-8-5-9-14(31)16(12)22(33)18(17)25(36)28(20,39)26(37)19(24(21)35)27(29)38/h5,8-9,11,13,17-21,23,31,34,39H,3-4,6-7,10H2,1-2H3,(H2,29,38). The van der Waals surface area contributed by atoms with E-state index in [9.17, 15) is 44.1 Å². The minimum absolute atomic E-state index is 0.103.